The molecule has 0 fully saturated rings. The van der Waals surface area contributed by atoms with Crippen LogP contribution in [0.4, 0.5) is 10.2 Å². The highest BCUT2D eigenvalue weighted by atomic mass is 19.1. The first-order valence-corrected chi connectivity index (χ1v) is 7.32. The average molecular weight is 293 g/mol. The molecule has 21 heavy (non-hydrogen) atoms. The first kappa shape index (κ1) is 17.6. The molecule has 0 atom stereocenters. The third-order valence-electron chi connectivity index (χ3n) is 3.10. The summed E-state index contributed by atoms with van der Waals surface area (Å²) in [4.78, 5) is 6.47. The Morgan fingerprint density at radius 2 is 1.90 bits per heavy atom. The van der Waals surface area contributed by atoms with E-state index in [0.29, 0.717) is 13.1 Å². The molecular weight excluding hydrogens is 265 g/mol. The summed E-state index contributed by atoms with van der Waals surface area (Å²) in [5.74, 6) is 0.498. The highest BCUT2D eigenvalue weighted by Gasteiger charge is 2.24. The summed E-state index contributed by atoms with van der Waals surface area (Å²) in [6, 6.07) is 1.56. The Labute approximate surface area is 128 Å². The van der Waals surface area contributed by atoms with E-state index in [4.69, 9.17) is 0 Å². The maximum Gasteiger partial charge on any atom is 0.141 e. The highest BCUT2D eigenvalue weighted by Crippen LogP contribution is 2.26. The summed E-state index contributed by atoms with van der Waals surface area (Å²) in [6.07, 6.45) is 3.12. The molecule has 0 aliphatic rings. The fraction of sp³-hybridized carbons (Fsp3) is 0.588. The molecule has 0 aliphatic carbocycles. The molecule has 0 unspecified atom stereocenters. The molecule has 118 valence electrons. The molecule has 0 aliphatic heterocycles. The monoisotopic (exact) mass is 293 g/mol. The van der Waals surface area contributed by atoms with Gasteiger partial charge in [-0.05, 0) is 47.6 Å². The Kier molecular flexibility index (Phi) is 5.51. The molecular formula is C17H28FN3. The van der Waals surface area contributed by atoms with Gasteiger partial charge in [-0.25, -0.2) is 9.37 Å². The lowest BCUT2D eigenvalue weighted by Gasteiger charge is -2.37. The van der Waals surface area contributed by atoms with Gasteiger partial charge in [0.2, 0.25) is 0 Å². The van der Waals surface area contributed by atoms with Crippen LogP contribution in [0.5, 0.6) is 0 Å². The molecule has 1 rings (SSSR count). The molecule has 0 bridgehead atoms. The van der Waals surface area contributed by atoms with E-state index in [1.807, 2.05) is 6.08 Å². The van der Waals surface area contributed by atoms with Crippen molar-refractivity contribution in [3.05, 3.63) is 36.3 Å². The van der Waals surface area contributed by atoms with Gasteiger partial charge >= 0.3 is 0 Å². The zero-order valence-electron chi connectivity index (χ0n) is 14.1. The summed E-state index contributed by atoms with van der Waals surface area (Å²) in [6.45, 7) is 17.7. The number of anilines is 1. The third kappa shape index (κ3) is 5.46. The van der Waals surface area contributed by atoms with Gasteiger partial charge in [-0.3, -0.25) is 0 Å². The Hall–Kier alpha value is -1.42. The van der Waals surface area contributed by atoms with Gasteiger partial charge < -0.3 is 10.2 Å². The van der Waals surface area contributed by atoms with Crippen LogP contribution < -0.4 is 10.2 Å². The van der Waals surface area contributed by atoms with Crippen molar-refractivity contribution in [3.63, 3.8) is 0 Å². The Morgan fingerprint density at radius 1 is 1.29 bits per heavy atom. The van der Waals surface area contributed by atoms with E-state index in [9.17, 15) is 4.39 Å². The van der Waals surface area contributed by atoms with Gasteiger partial charge in [0.05, 0.1) is 6.20 Å². The predicted molar refractivity (Wildman–Crippen MR) is 88.1 cm³/mol. The van der Waals surface area contributed by atoms with Crippen LogP contribution in [0.25, 0.3) is 0 Å². The fourth-order valence-electron chi connectivity index (χ4n) is 2.01. The number of pyridine rings is 1. The van der Waals surface area contributed by atoms with Gasteiger partial charge in [0.25, 0.3) is 0 Å². The lowest BCUT2D eigenvalue weighted by Crippen LogP contribution is -2.43. The summed E-state index contributed by atoms with van der Waals surface area (Å²) >= 11 is 0. The SMILES string of the molecule is C=CCN(c1ncc(F)cc1CNC(C)(C)C)C(C)(C)C. The summed E-state index contributed by atoms with van der Waals surface area (Å²) < 4.78 is 13.6. The van der Waals surface area contributed by atoms with Crippen molar-refractivity contribution in [2.75, 3.05) is 11.4 Å². The molecule has 1 aromatic heterocycles. The zero-order valence-corrected chi connectivity index (χ0v) is 14.1. The normalized spacial score (nSPS) is 12.3. The maximum atomic E-state index is 13.6. The van der Waals surface area contributed by atoms with Crippen LogP contribution in [0.2, 0.25) is 0 Å². The Bertz CT molecular complexity index is 484. The van der Waals surface area contributed by atoms with Crippen LogP contribution in [0.3, 0.4) is 0 Å². The van der Waals surface area contributed by atoms with E-state index < -0.39 is 0 Å². The fourth-order valence-corrected chi connectivity index (χ4v) is 2.01. The van der Waals surface area contributed by atoms with Gasteiger partial charge in [0.1, 0.15) is 11.6 Å². The molecule has 1 N–H and O–H groups in total. The summed E-state index contributed by atoms with van der Waals surface area (Å²) in [5.41, 5.74) is 0.714. The third-order valence-corrected chi connectivity index (χ3v) is 3.10. The van der Waals surface area contributed by atoms with Gasteiger partial charge in [0, 0.05) is 29.7 Å². The minimum absolute atomic E-state index is 0.0331. The van der Waals surface area contributed by atoms with Gasteiger partial charge in [-0.1, -0.05) is 6.08 Å². The second kappa shape index (κ2) is 6.56. The first-order valence-electron chi connectivity index (χ1n) is 7.32. The predicted octanol–water partition coefficient (Wildman–Crippen LogP) is 3.90. The van der Waals surface area contributed by atoms with Crippen molar-refractivity contribution in [1.82, 2.24) is 10.3 Å². The number of nitrogens with zero attached hydrogens (tertiary/aromatic N) is 2. The second-order valence-corrected chi connectivity index (χ2v) is 7.31. The number of rotatable bonds is 5. The van der Waals surface area contributed by atoms with E-state index in [1.54, 1.807) is 6.07 Å². The molecule has 1 aromatic rings. The molecule has 1 heterocycles. The van der Waals surface area contributed by atoms with Crippen LogP contribution in [-0.2, 0) is 6.54 Å². The van der Waals surface area contributed by atoms with E-state index in [0.717, 1.165) is 11.4 Å². The molecule has 0 amide bonds. The van der Waals surface area contributed by atoms with Crippen LogP contribution >= 0.6 is 0 Å². The Balaban J connectivity index is 3.17. The van der Waals surface area contributed by atoms with Crippen molar-refractivity contribution < 1.29 is 4.39 Å². The van der Waals surface area contributed by atoms with E-state index in [-0.39, 0.29) is 16.9 Å². The van der Waals surface area contributed by atoms with Crippen molar-refractivity contribution in [2.45, 2.75) is 59.2 Å². The molecule has 0 spiro atoms. The van der Waals surface area contributed by atoms with Crippen LogP contribution in [0.15, 0.2) is 24.9 Å². The quantitative estimate of drug-likeness (QED) is 0.835. The van der Waals surface area contributed by atoms with Crippen molar-refractivity contribution in [1.29, 1.82) is 0 Å². The lowest BCUT2D eigenvalue weighted by molar-refractivity contribution is 0.421. The number of halogens is 1. The van der Waals surface area contributed by atoms with E-state index in [2.05, 4.69) is 63.3 Å². The molecule has 0 saturated heterocycles. The molecule has 0 saturated carbocycles. The van der Waals surface area contributed by atoms with Gasteiger partial charge in [-0.15, -0.1) is 6.58 Å². The number of hydrogen-bond donors (Lipinski definition) is 1. The lowest BCUT2D eigenvalue weighted by atomic mass is 10.0. The van der Waals surface area contributed by atoms with Crippen LogP contribution in [-0.4, -0.2) is 22.6 Å². The van der Waals surface area contributed by atoms with Crippen molar-refractivity contribution in [3.8, 4) is 0 Å². The topological polar surface area (TPSA) is 28.2 Å². The molecule has 4 heteroatoms. The van der Waals surface area contributed by atoms with Crippen molar-refractivity contribution >= 4 is 5.82 Å². The van der Waals surface area contributed by atoms with Gasteiger partial charge in [0.15, 0.2) is 0 Å². The summed E-state index contributed by atoms with van der Waals surface area (Å²) in [5, 5.41) is 3.40. The molecule has 3 nitrogen and oxygen atoms in total. The van der Waals surface area contributed by atoms with Crippen LogP contribution in [0, 0.1) is 5.82 Å². The minimum atomic E-state index is -0.308. The molecule has 0 radical (unpaired) electrons. The van der Waals surface area contributed by atoms with Crippen LogP contribution in [0.1, 0.15) is 47.1 Å². The molecule has 0 aromatic carbocycles. The second-order valence-electron chi connectivity index (χ2n) is 7.31. The zero-order chi connectivity index (χ0) is 16.3. The summed E-state index contributed by atoms with van der Waals surface area (Å²) in [7, 11) is 0. The number of hydrogen-bond acceptors (Lipinski definition) is 3. The van der Waals surface area contributed by atoms with Gasteiger partial charge in [-0.2, -0.15) is 0 Å². The minimum Gasteiger partial charge on any atom is -0.348 e. The highest BCUT2D eigenvalue weighted by molar-refractivity contribution is 5.49. The van der Waals surface area contributed by atoms with E-state index in [1.165, 1.54) is 6.20 Å². The Morgan fingerprint density at radius 3 is 2.38 bits per heavy atom. The smallest absolute Gasteiger partial charge is 0.141 e. The maximum absolute atomic E-state index is 13.6. The average Bonchev–Trinajstić information content (AvgIpc) is 2.32. The van der Waals surface area contributed by atoms with Crippen molar-refractivity contribution in [2.24, 2.45) is 0 Å². The first-order chi connectivity index (χ1) is 9.54. The standard InChI is InChI=1S/C17H28FN3/c1-8-9-21(17(5,6)7)15-13(10-14(18)12-19-15)11-20-16(2,3)4/h8,10,12,20H,1,9,11H2,2-7H3. The number of nitrogens with one attached hydrogen (secondary N) is 1. The van der Waals surface area contributed by atoms with E-state index >= 15 is 0 Å². The number of aromatic nitrogens is 1. The largest absolute Gasteiger partial charge is 0.348 e.